The SMILES string of the molecule is c1ccc(-c2nc3cc4c(cc3nc2-c2ccccc2)NCCCNCCCN4)cc1. The van der Waals surface area contributed by atoms with E-state index in [0.717, 1.165) is 83.9 Å². The summed E-state index contributed by atoms with van der Waals surface area (Å²) < 4.78 is 0. The first-order valence-electron chi connectivity index (χ1n) is 11.0. The van der Waals surface area contributed by atoms with Crippen LogP contribution < -0.4 is 16.0 Å². The lowest BCUT2D eigenvalue weighted by Crippen LogP contribution is -2.20. The number of nitrogens with zero attached hydrogens (tertiary/aromatic N) is 2. The number of aromatic nitrogens is 2. The molecule has 0 radical (unpaired) electrons. The van der Waals surface area contributed by atoms with Gasteiger partial charge in [0.25, 0.3) is 0 Å². The summed E-state index contributed by atoms with van der Waals surface area (Å²) in [4.78, 5) is 10.2. The minimum absolute atomic E-state index is 0.902. The van der Waals surface area contributed by atoms with Crippen molar-refractivity contribution in [2.75, 3.05) is 36.8 Å². The fraction of sp³-hybridized carbons (Fsp3) is 0.231. The van der Waals surface area contributed by atoms with Gasteiger partial charge in [-0.15, -0.1) is 0 Å². The van der Waals surface area contributed by atoms with Gasteiger partial charge in [0.2, 0.25) is 0 Å². The van der Waals surface area contributed by atoms with Crippen LogP contribution in [0.15, 0.2) is 72.8 Å². The van der Waals surface area contributed by atoms with Crippen molar-refractivity contribution in [2.45, 2.75) is 12.8 Å². The molecule has 31 heavy (non-hydrogen) atoms. The molecule has 0 fully saturated rings. The summed E-state index contributed by atoms with van der Waals surface area (Å²) in [5.74, 6) is 0. The number of nitrogens with one attached hydrogen (secondary N) is 3. The topological polar surface area (TPSA) is 61.9 Å². The van der Waals surface area contributed by atoms with Crippen LogP contribution in [0, 0.1) is 0 Å². The van der Waals surface area contributed by atoms with Gasteiger partial charge in [-0.3, -0.25) is 0 Å². The number of hydrogen-bond donors (Lipinski definition) is 3. The van der Waals surface area contributed by atoms with Crippen molar-refractivity contribution < 1.29 is 0 Å². The highest BCUT2D eigenvalue weighted by Crippen LogP contribution is 2.34. The van der Waals surface area contributed by atoms with E-state index in [1.165, 1.54) is 0 Å². The summed E-state index contributed by atoms with van der Waals surface area (Å²) in [5, 5.41) is 10.7. The second-order valence-electron chi connectivity index (χ2n) is 7.85. The van der Waals surface area contributed by atoms with E-state index in [-0.39, 0.29) is 0 Å². The number of benzene rings is 3. The summed E-state index contributed by atoms with van der Waals surface area (Å²) in [6.07, 6.45) is 2.18. The van der Waals surface area contributed by atoms with Crippen LogP contribution in [-0.2, 0) is 0 Å². The molecule has 0 bridgehead atoms. The van der Waals surface area contributed by atoms with Crippen molar-refractivity contribution >= 4 is 22.4 Å². The molecule has 1 aromatic heterocycles. The van der Waals surface area contributed by atoms with Crippen molar-refractivity contribution in [1.82, 2.24) is 15.3 Å². The Morgan fingerprint density at radius 2 is 1.00 bits per heavy atom. The van der Waals surface area contributed by atoms with E-state index in [2.05, 4.69) is 52.3 Å². The van der Waals surface area contributed by atoms with Crippen LogP contribution >= 0.6 is 0 Å². The first kappa shape index (κ1) is 19.5. The van der Waals surface area contributed by atoms with Crippen LogP contribution in [0.2, 0.25) is 0 Å². The van der Waals surface area contributed by atoms with E-state index < -0.39 is 0 Å². The molecule has 0 atom stereocenters. The zero-order valence-electron chi connectivity index (χ0n) is 17.6. The van der Waals surface area contributed by atoms with Crippen molar-refractivity contribution in [2.24, 2.45) is 0 Å². The summed E-state index contributed by atoms with van der Waals surface area (Å²) >= 11 is 0. The Morgan fingerprint density at radius 3 is 1.45 bits per heavy atom. The zero-order valence-corrected chi connectivity index (χ0v) is 17.6. The van der Waals surface area contributed by atoms with E-state index in [1.54, 1.807) is 0 Å². The Hall–Kier alpha value is -3.44. The smallest absolute Gasteiger partial charge is 0.0973 e. The van der Waals surface area contributed by atoms with E-state index in [9.17, 15) is 0 Å². The van der Waals surface area contributed by atoms with Crippen molar-refractivity contribution in [3.63, 3.8) is 0 Å². The molecule has 2 heterocycles. The van der Waals surface area contributed by atoms with Gasteiger partial charge in [0, 0.05) is 24.2 Å². The van der Waals surface area contributed by atoms with Crippen molar-refractivity contribution in [3.05, 3.63) is 72.8 Å². The lowest BCUT2D eigenvalue weighted by Gasteiger charge is -2.16. The maximum atomic E-state index is 5.10. The van der Waals surface area contributed by atoms with Gasteiger partial charge in [-0.1, -0.05) is 60.7 Å². The first-order valence-corrected chi connectivity index (χ1v) is 11.0. The molecular weight excluding hydrogens is 382 g/mol. The van der Waals surface area contributed by atoms with E-state index >= 15 is 0 Å². The molecule has 1 aliphatic rings. The van der Waals surface area contributed by atoms with Crippen LogP contribution in [0.25, 0.3) is 33.5 Å². The summed E-state index contributed by atoms with van der Waals surface area (Å²) in [7, 11) is 0. The zero-order chi connectivity index (χ0) is 20.9. The van der Waals surface area contributed by atoms with Gasteiger partial charge < -0.3 is 16.0 Å². The normalized spacial score (nSPS) is 14.7. The molecule has 0 spiro atoms. The van der Waals surface area contributed by atoms with Gasteiger partial charge in [0.15, 0.2) is 0 Å². The predicted octanol–water partition coefficient (Wildman–Crippen LogP) is 5.17. The molecule has 0 saturated heterocycles. The van der Waals surface area contributed by atoms with E-state index in [1.807, 2.05) is 36.4 Å². The molecule has 3 aromatic carbocycles. The molecule has 0 amide bonds. The van der Waals surface area contributed by atoms with Gasteiger partial charge >= 0.3 is 0 Å². The van der Waals surface area contributed by atoms with Crippen LogP contribution in [0.4, 0.5) is 11.4 Å². The predicted molar refractivity (Wildman–Crippen MR) is 129 cm³/mol. The van der Waals surface area contributed by atoms with Gasteiger partial charge in [0.05, 0.1) is 33.8 Å². The van der Waals surface area contributed by atoms with Gasteiger partial charge in [0.1, 0.15) is 0 Å². The van der Waals surface area contributed by atoms with Gasteiger partial charge in [-0.2, -0.15) is 0 Å². The Balaban J connectivity index is 1.66. The van der Waals surface area contributed by atoms with Crippen molar-refractivity contribution in [1.29, 1.82) is 0 Å². The fourth-order valence-electron chi connectivity index (χ4n) is 3.99. The minimum Gasteiger partial charge on any atom is -0.383 e. The van der Waals surface area contributed by atoms with Gasteiger partial charge in [-0.05, 0) is 38.1 Å². The molecule has 0 aliphatic carbocycles. The average molecular weight is 410 g/mol. The molecule has 1 aliphatic heterocycles. The monoisotopic (exact) mass is 409 g/mol. The second-order valence-corrected chi connectivity index (χ2v) is 7.85. The molecule has 0 unspecified atom stereocenters. The third kappa shape index (κ3) is 4.37. The quantitative estimate of drug-likeness (QED) is 0.426. The molecule has 156 valence electrons. The lowest BCUT2D eigenvalue weighted by molar-refractivity contribution is 0.645. The largest absolute Gasteiger partial charge is 0.383 e. The van der Waals surface area contributed by atoms with Crippen LogP contribution in [0.5, 0.6) is 0 Å². The van der Waals surface area contributed by atoms with Gasteiger partial charge in [-0.25, -0.2) is 9.97 Å². The molecular formula is C26H27N5. The molecule has 0 saturated carbocycles. The second kappa shape index (κ2) is 9.14. The highest BCUT2D eigenvalue weighted by molar-refractivity contribution is 5.92. The lowest BCUT2D eigenvalue weighted by atomic mass is 10.0. The molecule has 5 nitrogen and oxygen atoms in total. The number of rotatable bonds is 2. The van der Waals surface area contributed by atoms with Crippen LogP contribution in [0.1, 0.15) is 12.8 Å². The highest BCUT2D eigenvalue weighted by Gasteiger charge is 2.15. The maximum Gasteiger partial charge on any atom is 0.0973 e. The highest BCUT2D eigenvalue weighted by atomic mass is 15.0. The summed E-state index contributed by atoms with van der Waals surface area (Å²) in [6, 6.07) is 24.9. The molecule has 3 N–H and O–H groups in total. The third-order valence-corrected chi connectivity index (χ3v) is 5.59. The standard InChI is InChI=1S/C26H27N5/c1-3-9-19(10-4-1)25-26(20-11-5-2-6-12-20)31-24-18-22-21(17-23(24)30-25)28-15-7-13-27-14-8-16-29-22/h1-6,9-12,17-18,27-29H,7-8,13-16H2. The number of hydrogen-bond acceptors (Lipinski definition) is 5. The summed E-state index contributed by atoms with van der Waals surface area (Å²) in [5.41, 5.74) is 7.96. The molecule has 5 heteroatoms. The Bertz CT molecular complexity index is 1070. The minimum atomic E-state index is 0.902. The Labute approximate surface area is 182 Å². The number of anilines is 2. The third-order valence-electron chi connectivity index (χ3n) is 5.59. The number of fused-ring (bicyclic) bond motifs is 2. The first-order chi connectivity index (χ1) is 15.4. The van der Waals surface area contributed by atoms with Crippen molar-refractivity contribution in [3.8, 4) is 22.5 Å². The van der Waals surface area contributed by atoms with E-state index in [4.69, 9.17) is 9.97 Å². The molecule has 5 rings (SSSR count). The van der Waals surface area contributed by atoms with Crippen LogP contribution in [-0.4, -0.2) is 36.1 Å². The fourth-order valence-corrected chi connectivity index (χ4v) is 3.99. The Morgan fingerprint density at radius 1 is 0.548 bits per heavy atom. The summed E-state index contributed by atoms with van der Waals surface area (Å²) in [6.45, 7) is 3.92. The average Bonchev–Trinajstić information content (AvgIpc) is 2.88. The van der Waals surface area contributed by atoms with E-state index in [0.29, 0.717) is 0 Å². The van der Waals surface area contributed by atoms with Crippen LogP contribution in [0.3, 0.4) is 0 Å². The maximum absolute atomic E-state index is 5.10. The Kier molecular flexibility index (Phi) is 5.76. The molecule has 4 aromatic rings.